The molecule has 10 heteroatoms. The summed E-state index contributed by atoms with van der Waals surface area (Å²) in [7, 11) is -3.95. The van der Waals surface area contributed by atoms with Crippen LogP contribution in [0.15, 0.2) is 47.4 Å². The Morgan fingerprint density at radius 1 is 1.12 bits per heavy atom. The van der Waals surface area contributed by atoms with Crippen molar-refractivity contribution in [1.82, 2.24) is 0 Å². The second kappa shape index (κ2) is 7.47. The number of hydrogen-bond donors (Lipinski definition) is 3. The minimum absolute atomic E-state index is 0.00704. The molecular formula is C14H14ClN3O5S. The first kappa shape index (κ1) is 18.0. The number of anilines is 2. The minimum atomic E-state index is -3.95. The number of nitrogens with zero attached hydrogens (tertiary/aromatic N) is 1. The molecule has 0 bridgehead atoms. The number of nitro groups is 1. The van der Waals surface area contributed by atoms with Crippen LogP contribution in [-0.4, -0.2) is 31.6 Å². The first-order valence-electron chi connectivity index (χ1n) is 6.75. The normalized spacial score (nSPS) is 11.1. The van der Waals surface area contributed by atoms with Gasteiger partial charge in [-0.3, -0.25) is 14.8 Å². The van der Waals surface area contributed by atoms with Gasteiger partial charge in [0.05, 0.1) is 27.8 Å². The monoisotopic (exact) mass is 371 g/mol. The summed E-state index contributed by atoms with van der Waals surface area (Å²) in [4.78, 5) is 10.2. The third-order valence-electron chi connectivity index (χ3n) is 3.01. The standard InChI is InChI=1S/C14H14ClN3O5S/c15-10-1-4-12(5-2-10)24(22,23)17-14-9-11(18(20)21)3-6-13(14)16-7-8-19/h1-6,9,16-17,19H,7-8H2. The number of hydrogen-bond acceptors (Lipinski definition) is 6. The van der Waals surface area contributed by atoms with Crippen molar-refractivity contribution < 1.29 is 18.4 Å². The molecule has 0 radical (unpaired) electrons. The Balaban J connectivity index is 2.39. The maximum Gasteiger partial charge on any atom is 0.271 e. The fourth-order valence-electron chi connectivity index (χ4n) is 1.89. The summed E-state index contributed by atoms with van der Waals surface area (Å²) in [6.07, 6.45) is 0. The summed E-state index contributed by atoms with van der Waals surface area (Å²) in [5.74, 6) is 0. The van der Waals surface area contributed by atoms with Gasteiger partial charge in [-0.25, -0.2) is 8.42 Å². The Hall–Kier alpha value is -2.36. The van der Waals surface area contributed by atoms with Crippen molar-refractivity contribution in [2.24, 2.45) is 0 Å². The van der Waals surface area contributed by atoms with Crippen molar-refractivity contribution in [2.75, 3.05) is 23.2 Å². The van der Waals surface area contributed by atoms with Crippen LogP contribution >= 0.6 is 11.6 Å². The third kappa shape index (κ3) is 4.34. The zero-order valence-corrected chi connectivity index (χ0v) is 13.8. The third-order valence-corrected chi connectivity index (χ3v) is 4.64. The Morgan fingerprint density at radius 3 is 2.38 bits per heavy atom. The van der Waals surface area contributed by atoms with Crippen LogP contribution in [0.1, 0.15) is 0 Å². The van der Waals surface area contributed by atoms with E-state index in [-0.39, 0.29) is 29.4 Å². The summed E-state index contributed by atoms with van der Waals surface area (Å²) in [6.45, 7) is -0.0200. The quantitative estimate of drug-likeness (QED) is 0.507. The molecule has 0 spiro atoms. The molecule has 0 saturated carbocycles. The molecule has 0 aliphatic carbocycles. The van der Waals surface area contributed by atoms with Gasteiger partial charge in [0.15, 0.2) is 0 Å². The van der Waals surface area contributed by atoms with E-state index >= 15 is 0 Å². The van der Waals surface area contributed by atoms with E-state index in [2.05, 4.69) is 10.0 Å². The van der Waals surface area contributed by atoms with Crippen LogP contribution in [0.2, 0.25) is 5.02 Å². The topological polar surface area (TPSA) is 122 Å². The zero-order chi connectivity index (χ0) is 17.7. The van der Waals surface area contributed by atoms with E-state index in [0.717, 1.165) is 6.07 Å². The van der Waals surface area contributed by atoms with E-state index in [9.17, 15) is 18.5 Å². The fraction of sp³-hybridized carbons (Fsp3) is 0.143. The average molecular weight is 372 g/mol. The van der Waals surface area contributed by atoms with E-state index in [0.29, 0.717) is 10.7 Å². The molecule has 0 aliphatic rings. The number of aliphatic hydroxyl groups excluding tert-OH is 1. The van der Waals surface area contributed by atoms with Crippen molar-refractivity contribution >= 4 is 38.7 Å². The molecule has 0 saturated heterocycles. The van der Waals surface area contributed by atoms with E-state index < -0.39 is 14.9 Å². The highest BCUT2D eigenvalue weighted by molar-refractivity contribution is 7.92. The molecule has 0 fully saturated rings. The number of rotatable bonds is 7. The van der Waals surface area contributed by atoms with E-state index in [4.69, 9.17) is 16.7 Å². The summed E-state index contributed by atoms with van der Waals surface area (Å²) < 4.78 is 27.1. The first-order valence-corrected chi connectivity index (χ1v) is 8.61. The highest BCUT2D eigenvalue weighted by atomic mass is 35.5. The van der Waals surface area contributed by atoms with Crippen LogP contribution in [-0.2, 0) is 10.0 Å². The second-order valence-electron chi connectivity index (χ2n) is 4.70. The molecule has 0 heterocycles. The molecule has 24 heavy (non-hydrogen) atoms. The fourth-order valence-corrected chi connectivity index (χ4v) is 3.09. The molecule has 8 nitrogen and oxygen atoms in total. The van der Waals surface area contributed by atoms with Crippen LogP contribution in [0.4, 0.5) is 17.1 Å². The SMILES string of the molecule is O=[N+]([O-])c1ccc(NCCO)c(NS(=O)(=O)c2ccc(Cl)cc2)c1. The highest BCUT2D eigenvalue weighted by Crippen LogP contribution is 2.29. The molecule has 2 rings (SSSR count). The molecule has 0 aromatic heterocycles. The molecule has 3 N–H and O–H groups in total. The average Bonchev–Trinajstić information content (AvgIpc) is 2.53. The van der Waals surface area contributed by atoms with Crippen molar-refractivity contribution in [3.63, 3.8) is 0 Å². The molecule has 0 amide bonds. The Kier molecular flexibility index (Phi) is 5.60. The number of benzene rings is 2. The number of aliphatic hydroxyl groups is 1. The van der Waals surface area contributed by atoms with Gasteiger partial charge in [-0.1, -0.05) is 11.6 Å². The largest absolute Gasteiger partial charge is 0.395 e. The number of nitrogens with one attached hydrogen (secondary N) is 2. The lowest BCUT2D eigenvalue weighted by molar-refractivity contribution is -0.384. The first-order chi connectivity index (χ1) is 11.3. The minimum Gasteiger partial charge on any atom is -0.395 e. The predicted octanol–water partition coefficient (Wildman–Crippen LogP) is 2.45. The lowest BCUT2D eigenvalue weighted by Gasteiger charge is -2.13. The van der Waals surface area contributed by atoms with Crippen LogP contribution in [0.25, 0.3) is 0 Å². The van der Waals surface area contributed by atoms with Gasteiger partial charge in [-0.15, -0.1) is 0 Å². The van der Waals surface area contributed by atoms with Crippen LogP contribution < -0.4 is 10.0 Å². The van der Waals surface area contributed by atoms with Gasteiger partial charge in [0.1, 0.15) is 0 Å². The number of non-ortho nitro benzene ring substituents is 1. The second-order valence-corrected chi connectivity index (χ2v) is 6.82. The maximum absolute atomic E-state index is 12.4. The van der Waals surface area contributed by atoms with E-state index in [1.54, 1.807) is 0 Å². The molecular weight excluding hydrogens is 358 g/mol. The summed E-state index contributed by atoms with van der Waals surface area (Å²) in [5.41, 5.74) is 0.0538. The molecule has 2 aromatic rings. The molecule has 0 aliphatic heterocycles. The van der Waals surface area contributed by atoms with Gasteiger partial charge in [0.25, 0.3) is 15.7 Å². The van der Waals surface area contributed by atoms with Gasteiger partial charge in [-0.05, 0) is 30.3 Å². The molecule has 0 unspecified atom stereocenters. The lowest BCUT2D eigenvalue weighted by atomic mass is 10.2. The van der Waals surface area contributed by atoms with Crippen molar-refractivity contribution in [1.29, 1.82) is 0 Å². The van der Waals surface area contributed by atoms with Gasteiger partial charge < -0.3 is 10.4 Å². The molecule has 2 aromatic carbocycles. The van der Waals surface area contributed by atoms with E-state index in [1.807, 2.05) is 0 Å². The number of halogens is 1. The van der Waals surface area contributed by atoms with Crippen LogP contribution in [0.3, 0.4) is 0 Å². The van der Waals surface area contributed by atoms with Crippen molar-refractivity contribution in [3.05, 3.63) is 57.6 Å². The molecule has 128 valence electrons. The molecule has 0 atom stereocenters. The van der Waals surface area contributed by atoms with E-state index in [1.165, 1.54) is 36.4 Å². The summed E-state index contributed by atoms with van der Waals surface area (Å²) >= 11 is 5.74. The zero-order valence-electron chi connectivity index (χ0n) is 12.3. The maximum atomic E-state index is 12.4. The predicted molar refractivity (Wildman–Crippen MR) is 90.9 cm³/mol. The lowest BCUT2D eigenvalue weighted by Crippen LogP contribution is -2.15. The number of sulfonamides is 1. The Bertz CT molecular complexity index is 840. The smallest absolute Gasteiger partial charge is 0.271 e. The van der Waals surface area contributed by atoms with Crippen LogP contribution in [0.5, 0.6) is 0 Å². The van der Waals surface area contributed by atoms with Gasteiger partial charge >= 0.3 is 0 Å². The highest BCUT2D eigenvalue weighted by Gasteiger charge is 2.18. The van der Waals surface area contributed by atoms with Gasteiger partial charge in [0, 0.05) is 23.7 Å². The van der Waals surface area contributed by atoms with Gasteiger partial charge in [0.2, 0.25) is 0 Å². The number of nitro benzene ring substituents is 1. The Labute approximate surface area is 143 Å². The van der Waals surface area contributed by atoms with Crippen molar-refractivity contribution in [3.8, 4) is 0 Å². The summed E-state index contributed by atoms with van der Waals surface area (Å²) in [6, 6.07) is 9.20. The van der Waals surface area contributed by atoms with Crippen molar-refractivity contribution in [2.45, 2.75) is 4.90 Å². The Morgan fingerprint density at radius 2 is 1.79 bits per heavy atom. The summed E-state index contributed by atoms with van der Waals surface area (Å²) in [5, 5.41) is 23.0. The van der Waals surface area contributed by atoms with Gasteiger partial charge in [-0.2, -0.15) is 0 Å². The van der Waals surface area contributed by atoms with Crippen LogP contribution in [0, 0.1) is 10.1 Å².